The average molecular weight is 394 g/mol. The van der Waals surface area contributed by atoms with Gasteiger partial charge in [0.05, 0.1) is 6.54 Å². The molecule has 27 heavy (non-hydrogen) atoms. The molecule has 7 heteroatoms. The average Bonchev–Trinajstić information content (AvgIpc) is 2.99. The molecule has 1 aromatic carbocycles. The van der Waals surface area contributed by atoms with Gasteiger partial charge in [0.2, 0.25) is 11.8 Å². The van der Waals surface area contributed by atoms with Gasteiger partial charge in [0.1, 0.15) is 0 Å². The summed E-state index contributed by atoms with van der Waals surface area (Å²) >= 11 is 0. The lowest BCUT2D eigenvalue weighted by Gasteiger charge is -2.32. The van der Waals surface area contributed by atoms with Crippen LogP contribution in [0.3, 0.4) is 0 Å². The van der Waals surface area contributed by atoms with E-state index in [1.54, 1.807) is 12.1 Å². The van der Waals surface area contributed by atoms with Crippen molar-refractivity contribution in [3.8, 4) is 0 Å². The van der Waals surface area contributed by atoms with Gasteiger partial charge in [-0.25, -0.2) is 0 Å². The first kappa shape index (κ1) is 21.4. The van der Waals surface area contributed by atoms with Gasteiger partial charge in [-0.3, -0.25) is 19.3 Å². The predicted molar refractivity (Wildman–Crippen MR) is 106 cm³/mol. The fraction of sp³-hybridized carbons (Fsp3) is 0.550. The van der Waals surface area contributed by atoms with Crippen molar-refractivity contribution in [2.75, 3.05) is 26.7 Å². The van der Waals surface area contributed by atoms with Gasteiger partial charge in [-0.15, -0.1) is 12.4 Å². The SMILES string of the molecule is CNCCC1CCN(C(=O)c2ccc(CN3C(=O)CCC3=O)cc2)CC1.Cl. The Kier molecular flexibility index (Phi) is 7.80. The number of halogens is 1. The van der Waals surface area contributed by atoms with Crippen LogP contribution in [0.4, 0.5) is 0 Å². The van der Waals surface area contributed by atoms with Gasteiger partial charge in [-0.1, -0.05) is 12.1 Å². The van der Waals surface area contributed by atoms with Gasteiger partial charge >= 0.3 is 0 Å². The molecule has 0 radical (unpaired) electrons. The number of benzene rings is 1. The smallest absolute Gasteiger partial charge is 0.253 e. The van der Waals surface area contributed by atoms with Gasteiger partial charge in [-0.05, 0) is 56.5 Å². The molecule has 0 saturated carbocycles. The Balaban J connectivity index is 0.00000261. The first-order valence-electron chi connectivity index (χ1n) is 9.44. The van der Waals surface area contributed by atoms with Crippen LogP contribution in [0.5, 0.6) is 0 Å². The molecule has 0 aromatic heterocycles. The van der Waals surface area contributed by atoms with E-state index in [1.165, 1.54) is 11.3 Å². The summed E-state index contributed by atoms with van der Waals surface area (Å²) in [4.78, 5) is 39.3. The largest absolute Gasteiger partial charge is 0.339 e. The van der Waals surface area contributed by atoms with Gasteiger partial charge in [0, 0.05) is 31.5 Å². The number of amides is 3. The number of hydrogen-bond donors (Lipinski definition) is 1. The van der Waals surface area contributed by atoms with E-state index in [4.69, 9.17) is 0 Å². The monoisotopic (exact) mass is 393 g/mol. The Morgan fingerprint density at radius 2 is 1.67 bits per heavy atom. The van der Waals surface area contributed by atoms with Gasteiger partial charge in [-0.2, -0.15) is 0 Å². The van der Waals surface area contributed by atoms with E-state index in [9.17, 15) is 14.4 Å². The topological polar surface area (TPSA) is 69.7 Å². The van der Waals surface area contributed by atoms with Crippen LogP contribution in [0.15, 0.2) is 24.3 Å². The van der Waals surface area contributed by atoms with E-state index in [1.807, 2.05) is 24.1 Å². The number of hydrogen-bond acceptors (Lipinski definition) is 4. The normalized spacial score (nSPS) is 18.0. The summed E-state index contributed by atoms with van der Waals surface area (Å²) in [6, 6.07) is 7.28. The zero-order valence-electron chi connectivity index (χ0n) is 15.8. The van der Waals surface area contributed by atoms with Crippen molar-refractivity contribution in [3.05, 3.63) is 35.4 Å². The van der Waals surface area contributed by atoms with E-state index in [-0.39, 0.29) is 30.1 Å². The number of nitrogens with zero attached hydrogens (tertiary/aromatic N) is 2. The zero-order valence-corrected chi connectivity index (χ0v) is 16.6. The molecule has 2 aliphatic rings. The van der Waals surface area contributed by atoms with E-state index in [0.29, 0.717) is 30.9 Å². The van der Waals surface area contributed by atoms with Crippen LogP contribution in [-0.2, 0) is 16.1 Å². The highest BCUT2D eigenvalue weighted by Crippen LogP contribution is 2.22. The maximum Gasteiger partial charge on any atom is 0.253 e. The second-order valence-corrected chi connectivity index (χ2v) is 7.20. The number of rotatable bonds is 6. The molecule has 148 valence electrons. The van der Waals surface area contributed by atoms with Crippen LogP contribution >= 0.6 is 12.4 Å². The molecule has 0 spiro atoms. The maximum atomic E-state index is 12.7. The lowest BCUT2D eigenvalue weighted by atomic mass is 9.93. The second-order valence-electron chi connectivity index (χ2n) is 7.20. The number of carbonyl (C=O) groups is 3. The Labute approximate surface area is 166 Å². The van der Waals surface area contributed by atoms with Crippen LogP contribution in [-0.4, -0.2) is 54.2 Å². The maximum absolute atomic E-state index is 12.7. The number of imide groups is 1. The Morgan fingerprint density at radius 1 is 1.07 bits per heavy atom. The third kappa shape index (κ3) is 5.30. The van der Waals surface area contributed by atoms with Crippen molar-refractivity contribution in [1.29, 1.82) is 0 Å². The number of carbonyl (C=O) groups excluding carboxylic acids is 3. The quantitative estimate of drug-likeness (QED) is 0.752. The van der Waals surface area contributed by atoms with E-state index in [2.05, 4.69) is 5.32 Å². The minimum atomic E-state index is -0.115. The highest BCUT2D eigenvalue weighted by molar-refractivity contribution is 6.01. The molecule has 2 heterocycles. The molecule has 2 aliphatic heterocycles. The van der Waals surface area contributed by atoms with E-state index in [0.717, 1.165) is 38.0 Å². The highest BCUT2D eigenvalue weighted by atomic mass is 35.5. The van der Waals surface area contributed by atoms with Crippen molar-refractivity contribution < 1.29 is 14.4 Å². The van der Waals surface area contributed by atoms with Crippen LogP contribution in [0.2, 0.25) is 0 Å². The summed E-state index contributed by atoms with van der Waals surface area (Å²) in [5.41, 5.74) is 1.54. The number of nitrogens with one attached hydrogen (secondary N) is 1. The molecule has 6 nitrogen and oxygen atoms in total. The minimum Gasteiger partial charge on any atom is -0.339 e. The van der Waals surface area contributed by atoms with Crippen molar-refractivity contribution in [2.24, 2.45) is 5.92 Å². The summed E-state index contributed by atoms with van der Waals surface area (Å²) in [6.07, 6.45) is 3.90. The van der Waals surface area contributed by atoms with Gasteiger partial charge in [0.25, 0.3) is 5.91 Å². The molecule has 0 atom stereocenters. The van der Waals surface area contributed by atoms with E-state index >= 15 is 0 Å². The third-order valence-corrected chi connectivity index (χ3v) is 5.40. The van der Waals surface area contributed by atoms with Crippen molar-refractivity contribution in [3.63, 3.8) is 0 Å². The van der Waals surface area contributed by atoms with Crippen molar-refractivity contribution in [1.82, 2.24) is 15.1 Å². The fourth-order valence-electron chi connectivity index (χ4n) is 3.69. The Bertz CT molecular complexity index is 654. The second kappa shape index (κ2) is 9.85. The predicted octanol–water partition coefficient (Wildman–Crippen LogP) is 2.22. The summed E-state index contributed by atoms with van der Waals surface area (Å²) < 4.78 is 0. The molecule has 0 aliphatic carbocycles. The van der Waals surface area contributed by atoms with Crippen molar-refractivity contribution in [2.45, 2.75) is 38.6 Å². The summed E-state index contributed by atoms with van der Waals surface area (Å²) in [6.45, 7) is 2.95. The number of piperidine rings is 1. The lowest BCUT2D eigenvalue weighted by Crippen LogP contribution is -2.39. The first-order chi connectivity index (χ1) is 12.6. The van der Waals surface area contributed by atoms with Crippen molar-refractivity contribution >= 4 is 30.1 Å². The molecular formula is C20H28ClN3O3. The van der Waals surface area contributed by atoms with Crippen LogP contribution < -0.4 is 5.32 Å². The first-order valence-corrected chi connectivity index (χ1v) is 9.44. The van der Waals surface area contributed by atoms with Crippen LogP contribution in [0.25, 0.3) is 0 Å². The molecule has 3 amide bonds. The summed E-state index contributed by atoms with van der Waals surface area (Å²) in [7, 11) is 1.97. The van der Waals surface area contributed by atoms with Gasteiger partial charge < -0.3 is 10.2 Å². The van der Waals surface area contributed by atoms with E-state index < -0.39 is 0 Å². The van der Waals surface area contributed by atoms with Crippen LogP contribution in [0.1, 0.15) is 48.0 Å². The Hall–Kier alpha value is -1.92. The molecule has 1 N–H and O–H groups in total. The standard InChI is InChI=1S/C20H27N3O3.ClH/c1-21-11-8-15-9-12-22(13-10-15)20(26)17-4-2-16(3-5-17)14-23-18(24)6-7-19(23)25;/h2-5,15,21H,6-14H2,1H3;1H. The van der Waals surface area contributed by atoms with Gasteiger partial charge in [0.15, 0.2) is 0 Å². The lowest BCUT2D eigenvalue weighted by molar-refractivity contribution is -0.139. The zero-order chi connectivity index (χ0) is 18.5. The number of likely N-dealkylation sites (tertiary alicyclic amines) is 2. The third-order valence-electron chi connectivity index (χ3n) is 5.40. The molecule has 2 saturated heterocycles. The molecule has 0 bridgehead atoms. The molecule has 1 aromatic rings. The molecule has 0 unspecified atom stereocenters. The molecular weight excluding hydrogens is 366 g/mol. The molecule has 3 rings (SSSR count). The Morgan fingerprint density at radius 3 is 2.22 bits per heavy atom. The van der Waals surface area contributed by atoms with Crippen LogP contribution in [0, 0.1) is 5.92 Å². The highest BCUT2D eigenvalue weighted by Gasteiger charge is 2.29. The minimum absolute atomic E-state index is 0. The fourth-order valence-corrected chi connectivity index (χ4v) is 3.69. The molecule has 2 fully saturated rings. The summed E-state index contributed by atoms with van der Waals surface area (Å²) in [5, 5.41) is 3.19. The summed E-state index contributed by atoms with van der Waals surface area (Å²) in [5.74, 6) is 0.536.